The lowest BCUT2D eigenvalue weighted by atomic mass is 10.2. The van der Waals surface area contributed by atoms with Crippen molar-refractivity contribution in [1.29, 1.82) is 0 Å². The van der Waals surface area contributed by atoms with Crippen LogP contribution < -0.4 is 10.2 Å². The molecule has 2 aromatic heterocycles. The van der Waals surface area contributed by atoms with Crippen LogP contribution in [-0.2, 0) is 6.54 Å². The molecule has 0 aliphatic carbocycles. The number of rotatable bonds is 6. The Morgan fingerprint density at radius 1 is 1.35 bits per heavy atom. The van der Waals surface area contributed by atoms with E-state index < -0.39 is 6.09 Å². The molecule has 1 amide bonds. The quantitative estimate of drug-likeness (QED) is 0.783. The lowest BCUT2D eigenvalue weighted by Crippen LogP contribution is -2.23. The van der Waals surface area contributed by atoms with Gasteiger partial charge in [0, 0.05) is 42.5 Å². The van der Waals surface area contributed by atoms with Gasteiger partial charge in [0.15, 0.2) is 6.29 Å². The molecule has 2 heterocycles. The molecule has 0 atom stereocenters. The first-order valence-corrected chi connectivity index (χ1v) is 7.54. The van der Waals surface area contributed by atoms with Gasteiger partial charge in [-0.15, -0.1) is 0 Å². The van der Waals surface area contributed by atoms with E-state index in [1.54, 1.807) is 30.6 Å². The highest BCUT2D eigenvalue weighted by Gasteiger charge is 2.15. The summed E-state index contributed by atoms with van der Waals surface area (Å²) in [5.74, 6) is 0.660. The van der Waals surface area contributed by atoms with Crippen molar-refractivity contribution in [1.82, 2.24) is 15.3 Å². The summed E-state index contributed by atoms with van der Waals surface area (Å²) in [6, 6.07) is 5.16. The molecule has 120 valence electrons. The zero-order valence-corrected chi connectivity index (χ0v) is 13.5. The van der Waals surface area contributed by atoms with Crippen LogP contribution in [0.25, 0.3) is 0 Å². The zero-order valence-electron chi connectivity index (χ0n) is 12.7. The third-order valence-corrected chi connectivity index (χ3v) is 4.10. The number of aromatic nitrogens is 2. The summed E-state index contributed by atoms with van der Waals surface area (Å²) in [7, 11) is 3.66. The first kappa shape index (κ1) is 16.8. The number of carbonyl (C=O) groups is 2. The largest absolute Gasteiger partial charge is 0.465 e. The van der Waals surface area contributed by atoms with Crippen LogP contribution in [0.4, 0.5) is 10.6 Å². The van der Waals surface area contributed by atoms with Gasteiger partial charge >= 0.3 is 6.09 Å². The smallest absolute Gasteiger partial charge is 0.404 e. The van der Waals surface area contributed by atoms with E-state index in [0.29, 0.717) is 16.4 Å². The number of aldehydes is 1. The molecule has 7 nitrogen and oxygen atoms in total. The molecule has 2 aromatic rings. The van der Waals surface area contributed by atoms with Gasteiger partial charge in [-0.1, -0.05) is 11.8 Å². The van der Waals surface area contributed by atoms with Crippen molar-refractivity contribution >= 4 is 30.0 Å². The average molecular weight is 332 g/mol. The van der Waals surface area contributed by atoms with Crippen LogP contribution in [0, 0.1) is 0 Å². The van der Waals surface area contributed by atoms with Crippen molar-refractivity contribution in [2.45, 2.75) is 16.5 Å². The molecular formula is C15H16N4O3S. The van der Waals surface area contributed by atoms with Crippen molar-refractivity contribution in [3.63, 3.8) is 0 Å². The molecule has 0 fully saturated rings. The molecule has 0 spiro atoms. The average Bonchev–Trinajstić information content (AvgIpc) is 2.53. The van der Waals surface area contributed by atoms with Crippen LogP contribution in [0.2, 0.25) is 0 Å². The number of hydrogen-bond acceptors (Lipinski definition) is 6. The van der Waals surface area contributed by atoms with Crippen molar-refractivity contribution in [2.24, 2.45) is 0 Å². The Bertz CT molecular complexity index is 722. The monoisotopic (exact) mass is 332 g/mol. The van der Waals surface area contributed by atoms with Gasteiger partial charge < -0.3 is 15.3 Å². The minimum Gasteiger partial charge on any atom is -0.465 e. The van der Waals surface area contributed by atoms with E-state index in [2.05, 4.69) is 15.3 Å². The molecule has 8 heteroatoms. The molecular weight excluding hydrogens is 316 g/mol. The van der Waals surface area contributed by atoms with Crippen molar-refractivity contribution < 1.29 is 14.7 Å². The van der Waals surface area contributed by atoms with Crippen LogP contribution in [0.1, 0.15) is 15.9 Å². The van der Waals surface area contributed by atoms with E-state index in [1.165, 1.54) is 11.8 Å². The molecule has 0 aliphatic heterocycles. The fourth-order valence-electron chi connectivity index (χ4n) is 1.96. The van der Waals surface area contributed by atoms with Gasteiger partial charge in [0.25, 0.3) is 0 Å². The maximum absolute atomic E-state index is 11.1. The van der Waals surface area contributed by atoms with E-state index >= 15 is 0 Å². The van der Waals surface area contributed by atoms with Gasteiger partial charge in [0.1, 0.15) is 10.8 Å². The van der Waals surface area contributed by atoms with Gasteiger partial charge in [-0.25, -0.2) is 14.8 Å². The van der Waals surface area contributed by atoms with Crippen LogP contribution in [0.5, 0.6) is 0 Å². The molecule has 0 saturated carbocycles. The molecule has 0 aliphatic rings. The Morgan fingerprint density at radius 3 is 2.78 bits per heavy atom. The maximum Gasteiger partial charge on any atom is 0.404 e. The summed E-state index contributed by atoms with van der Waals surface area (Å²) in [6.45, 7) is 0.113. The Balaban J connectivity index is 2.42. The van der Waals surface area contributed by atoms with E-state index in [4.69, 9.17) is 5.11 Å². The molecule has 2 rings (SSSR count). The summed E-state index contributed by atoms with van der Waals surface area (Å²) in [5.41, 5.74) is 1.21. The minimum atomic E-state index is -1.11. The molecule has 0 saturated heterocycles. The summed E-state index contributed by atoms with van der Waals surface area (Å²) in [5, 5.41) is 11.8. The summed E-state index contributed by atoms with van der Waals surface area (Å²) in [4.78, 5) is 33.0. The van der Waals surface area contributed by atoms with Gasteiger partial charge in [-0.05, 0) is 18.2 Å². The predicted octanol–water partition coefficient (Wildman–Crippen LogP) is 2.27. The number of nitrogens with zero attached hydrogens (tertiary/aromatic N) is 3. The van der Waals surface area contributed by atoms with Crippen molar-refractivity contribution in [2.75, 3.05) is 19.0 Å². The Hall–Kier alpha value is -2.61. The topological polar surface area (TPSA) is 95.4 Å². The van der Waals surface area contributed by atoms with Crippen LogP contribution in [-0.4, -0.2) is 41.5 Å². The summed E-state index contributed by atoms with van der Waals surface area (Å²) in [6.07, 6.45) is 2.89. The van der Waals surface area contributed by atoms with Gasteiger partial charge in [0.05, 0.1) is 6.54 Å². The third-order valence-electron chi connectivity index (χ3n) is 2.96. The Labute approximate surface area is 137 Å². The summed E-state index contributed by atoms with van der Waals surface area (Å²) >= 11 is 1.31. The highest BCUT2D eigenvalue weighted by atomic mass is 32.2. The number of anilines is 1. The Morgan fingerprint density at radius 2 is 2.13 bits per heavy atom. The van der Waals surface area contributed by atoms with E-state index in [1.807, 2.05) is 19.0 Å². The third kappa shape index (κ3) is 4.19. The van der Waals surface area contributed by atoms with Gasteiger partial charge in [-0.3, -0.25) is 4.79 Å². The number of pyridine rings is 2. The van der Waals surface area contributed by atoms with Crippen LogP contribution in [0.15, 0.2) is 40.5 Å². The highest BCUT2D eigenvalue weighted by Crippen LogP contribution is 2.33. The van der Waals surface area contributed by atoms with E-state index in [-0.39, 0.29) is 6.54 Å². The molecule has 0 radical (unpaired) electrons. The highest BCUT2D eigenvalue weighted by molar-refractivity contribution is 7.99. The fraction of sp³-hybridized carbons (Fsp3) is 0.200. The van der Waals surface area contributed by atoms with E-state index in [9.17, 15) is 9.59 Å². The first-order chi connectivity index (χ1) is 11.0. The Kier molecular flexibility index (Phi) is 5.53. The second-order valence-corrected chi connectivity index (χ2v) is 5.81. The second kappa shape index (κ2) is 7.59. The zero-order chi connectivity index (χ0) is 16.8. The molecule has 2 N–H and O–H groups in total. The maximum atomic E-state index is 11.1. The number of carbonyl (C=O) groups excluding carboxylic acids is 1. The lowest BCUT2D eigenvalue weighted by Gasteiger charge is -2.19. The molecule has 23 heavy (non-hydrogen) atoms. The number of amides is 1. The number of hydrogen-bond donors (Lipinski definition) is 2. The fourth-order valence-corrected chi connectivity index (χ4v) is 2.93. The molecule has 0 bridgehead atoms. The second-order valence-electron chi connectivity index (χ2n) is 4.78. The van der Waals surface area contributed by atoms with Crippen LogP contribution >= 0.6 is 11.8 Å². The lowest BCUT2D eigenvalue weighted by molar-refractivity contribution is 0.112. The number of carboxylic acid groups (broad SMARTS) is 1. The molecule has 0 unspecified atom stereocenters. The number of nitrogens with one attached hydrogen (secondary N) is 1. The first-order valence-electron chi connectivity index (χ1n) is 6.73. The SMILES string of the molecule is CN(C)c1nccc(Sc2ncccc2C=O)c1CNC(=O)O. The summed E-state index contributed by atoms with van der Waals surface area (Å²) < 4.78 is 0. The van der Waals surface area contributed by atoms with Gasteiger partial charge in [-0.2, -0.15) is 0 Å². The van der Waals surface area contributed by atoms with E-state index in [0.717, 1.165) is 16.7 Å². The normalized spacial score (nSPS) is 10.2. The standard InChI is InChI=1S/C15H16N4O3S/c1-19(2)13-11(8-18-15(21)22)12(5-7-16-13)23-14-10(9-20)4-3-6-17-14/h3-7,9,18H,8H2,1-2H3,(H,21,22). The van der Waals surface area contributed by atoms with Crippen molar-refractivity contribution in [3.05, 3.63) is 41.7 Å². The van der Waals surface area contributed by atoms with Crippen LogP contribution in [0.3, 0.4) is 0 Å². The predicted molar refractivity (Wildman–Crippen MR) is 87.2 cm³/mol. The van der Waals surface area contributed by atoms with Gasteiger partial charge in [0.2, 0.25) is 0 Å². The van der Waals surface area contributed by atoms with Crippen molar-refractivity contribution in [3.8, 4) is 0 Å². The molecule has 0 aromatic carbocycles. The minimum absolute atomic E-state index is 0.113.